The van der Waals surface area contributed by atoms with E-state index in [0.717, 1.165) is 0 Å². The Labute approximate surface area is 408 Å². The van der Waals surface area contributed by atoms with Gasteiger partial charge in [-0.3, -0.25) is 73.6 Å². The van der Waals surface area contributed by atoms with Crippen LogP contribution in [0.25, 0.3) is 0 Å². The zero-order chi connectivity index (χ0) is 47.7. The molecule has 3 aliphatic rings. The van der Waals surface area contributed by atoms with Crippen molar-refractivity contribution in [2.45, 2.75) is 83.7 Å². The molecule has 1 unspecified atom stereocenters. The molecule has 3 heterocycles. The van der Waals surface area contributed by atoms with Gasteiger partial charge in [0.2, 0.25) is 11.8 Å². The number of aliphatic carboxylic acids is 4. The summed E-state index contributed by atoms with van der Waals surface area (Å²) >= 11 is 0. The molecular formula is C39H64GdN10O15. The van der Waals surface area contributed by atoms with Crippen molar-refractivity contribution in [3.05, 3.63) is 0 Å². The number of epoxide rings is 1. The fourth-order valence-corrected chi connectivity index (χ4v) is 7.40. The molecule has 3 fully saturated rings. The van der Waals surface area contributed by atoms with Crippen LogP contribution in [0.15, 0.2) is 0 Å². The zero-order valence-electron chi connectivity index (χ0n) is 37.1. The van der Waals surface area contributed by atoms with E-state index in [0.29, 0.717) is 12.8 Å². The SMILES string of the molecule is CC(C)C[C@H](NC(=O)C1O[C@@H]1C(=O)N[C@H](CC(C)C)C(=O)N1CCC[C@H]1C(=O)O)C(=O)NCC(=O)NNC(=O)CN1CCN(CC(=O)O)CCN(CC(=O)O)CCN(CC(=O)O)CC1.[Gd]. The number of carboxylic acid groups (broad SMARTS) is 4. The number of rotatable bonds is 21. The van der Waals surface area contributed by atoms with E-state index in [1.807, 2.05) is 13.8 Å². The summed E-state index contributed by atoms with van der Waals surface area (Å²) in [7, 11) is 0. The molecule has 25 nitrogen and oxygen atoms in total. The summed E-state index contributed by atoms with van der Waals surface area (Å²) in [5.41, 5.74) is 4.45. The van der Waals surface area contributed by atoms with Crippen molar-refractivity contribution >= 4 is 59.3 Å². The van der Waals surface area contributed by atoms with Crippen LogP contribution in [0.3, 0.4) is 0 Å². The van der Waals surface area contributed by atoms with Crippen molar-refractivity contribution in [2.75, 3.05) is 91.6 Å². The minimum atomic E-state index is -1.28. The van der Waals surface area contributed by atoms with Gasteiger partial charge in [0.05, 0.1) is 32.7 Å². The molecule has 0 spiro atoms. The fraction of sp³-hybridized carbons (Fsp3) is 0.744. The Morgan fingerprint density at radius 1 is 0.569 bits per heavy atom. The average Bonchev–Trinajstić information content (AvgIpc) is 3.86. The molecule has 0 aromatic carbocycles. The van der Waals surface area contributed by atoms with Gasteiger partial charge in [-0.05, 0) is 37.5 Å². The maximum absolute atomic E-state index is 13.3. The number of amides is 6. The molecule has 3 aliphatic heterocycles. The van der Waals surface area contributed by atoms with Gasteiger partial charge in [-0.1, -0.05) is 27.7 Å². The molecular weight excluding hydrogens is 1010 g/mol. The van der Waals surface area contributed by atoms with E-state index in [1.165, 1.54) is 4.90 Å². The zero-order valence-corrected chi connectivity index (χ0v) is 39.4. The summed E-state index contributed by atoms with van der Waals surface area (Å²) < 4.78 is 5.34. The Morgan fingerprint density at radius 3 is 1.38 bits per heavy atom. The summed E-state index contributed by atoms with van der Waals surface area (Å²) in [6.45, 7) is 7.02. The quantitative estimate of drug-likeness (QED) is 0.0387. The molecule has 65 heavy (non-hydrogen) atoms. The van der Waals surface area contributed by atoms with E-state index >= 15 is 0 Å². The van der Waals surface area contributed by atoms with Crippen LogP contribution in [-0.4, -0.2) is 226 Å². The molecule has 0 aromatic heterocycles. The van der Waals surface area contributed by atoms with Crippen molar-refractivity contribution in [3.8, 4) is 0 Å². The van der Waals surface area contributed by atoms with Gasteiger partial charge in [0.1, 0.15) is 18.1 Å². The van der Waals surface area contributed by atoms with E-state index in [2.05, 4.69) is 26.8 Å². The first-order chi connectivity index (χ1) is 30.1. The second-order valence-electron chi connectivity index (χ2n) is 17.0. The van der Waals surface area contributed by atoms with Crippen LogP contribution >= 0.6 is 0 Å². The van der Waals surface area contributed by atoms with E-state index in [-0.39, 0.29) is 150 Å². The van der Waals surface area contributed by atoms with Gasteiger partial charge in [0.25, 0.3) is 23.6 Å². The predicted octanol–water partition coefficient (Wildman–Crippen LogP) is -4.37. The topological polar surface area (TPSA) is 341 Å². The number of carboxylic acids is 4. The first-order valence-corrected chi connectivity index (χ1v) is 21.3. The Morgan fingerprint density at radius 2 is 0.969 bits per heavy atom. The van der Waals surface area contributed by atoms with Crippen LogP contribution in [-0.2, 0) is 52.7 Å². The van der Waals surface area contributed by atoms with Crippen LogP contribution < -0.4 is 26.8 Å². The second-order valence-corrected chi connectivity index (χ2v) is 17.0. The normalized spacial score (nSPS) is 21.1. The van der Waals surface area contributed by atoms with E-state index in [1.54, 1.807) is 33.4 Å². The Balaban J connectivity index is 0.0000145. The van der Waals surface area contributed by atoms with Gasteiger partial charge < -0.3 is 46.0 Å². The maximum atomic E-state index is 13.3. The maximum Gasteiger partial charge on any atom is 0.326 e. The van der Waals surface area contributed by atoms with Crippen LogP contribution in [0.4, 0.5) is 0 Å². The first kappa shape index (κ1) is 57.0. The summed E-state index contributed by atoms with van der Waals surface area (Å²) in [6.07, 6.45) is -1.39. The molecule has 3 saturated heterocycles. The molecule has 0 aliphatic carbocycles. The number of likely N-dealkylation sites (tertiary alicyclic amines) is 1. The van der Waals surface area contributed by atoms with Crippen molar-refractivity contribution < 1.29 is 113 Å². The molecule has 368 valence electrons. The number of nitrogens with zero attached hydrogens (tertiary/aromatic N) is 5. The first-order valence-electron chi connectivity index (χ1n) is 21.3. The second kappa shape index (κ2) is 28.1. The number of nitrogens with one attached hydrogen (secondary N) is 5. The number of hydrogen-bond acceptors (Lipinski definition) is 15. The summed E-state index contributed by atoms with van der Waals surface area (Å²) in [5, 5.41) is 45.3. The van der Waals surface area contributed by atoms with Crippen molar-refractivity contribution in [1.82, 2.24) is 51.3 Å². The Bertz CT molecular complexity index is 1680. The molecule has 3 rings (SSSR count). The van der Waals surface area contributed by atoms with E-state index < -0.39 is 96.2 Å². The third-order valence-corrected chi connectivity index (χ3v) is 10.6. The molecule has 5 atom stereocenters. The fourth-order valence-electron chi connectivity index (χ4n) is 7.40. The minimum absolute atomic E-state index is 0. The van der Waals surface area contributed by atoms with Crippen LogP contribution in [0.5, 0.6) is 0 Å². The number of hydrogen-bond donors (Lipinski definition) is 9. The van der Waals surface area contributed by atoms with Crippen molar-refractivity contribution in [3.63, 3.8) is 0 Å². The molecule has 0 radical (unpaired) electrons. The van der Waals surface area contributed by atoms with Gasteiger partial charge in [-0.25, -0.2) is 4.79 Å². The third-order valence-electron chi connectivity index (χ3n) is 10.6. The van der Waals surface area contributed by atoms with Crippen molar-refractivity contribution in [1.29, 1.82) is 0 Å². The van der Waals surface area contributed by atoms with E-state index in [9.17, 15) is 68.4 Å². The monoisotopic (exact) mass is 1070 g/mol. The van der Waals surface area contributed by atoms with Gasteiger partial charge in [-0.2, -0.15) is 0 Å². The molecule has 0 aromatic rings. The summed E-state index contributed by atoms with van der Waals surface area (Å²) in [4.78, 5) is 132. The number of carbonyl (C=O) groups excluding carboxylic acids is 6. The Hall–Kier alpha value is -4.18. The van der Waals surface area contributed by atoms with Crippen LogP contribution in [0.2, 0.25) is 0 Å². The van der Waals surface area contributed by atoms with Gasteiger partial charge in [0.15, 0.2) is 12.2 Å². The third kappa shape index (κ3) is 20.9. The summed E-state index contributed by atoms with van der Waals surface area (Å²) in [6, 6.07) is -3.20. The van der Waals surface area contributed by atoms with Crippen LogP contribution in [0, 0.1) is 51.8 Å². The summed E-state index contributed by atoms with van der Waals surface area (Å²) in [5.74, 6) is -8.91. The van der Waals surface area contributed by atoms with Crippen LogP contribution in [0.1, 0.15) is 53.4 Å². The standard InChI is InChI=1S/C39H64N10O15.Gd/c1-23(2)16-25(41-36(59)33-34(64-33)37(60)42-26(17-24(3)4)38(61)49-7-5-6-27(49)39(62)63)35(58)40-18-28(50)43-44-29(51)19-45-8-10-46(20-30(52)53)12-14-48(22-32(56)57)15-13-47(11-9-45)21-31(54)55;/h23-27,33-34H,5-22H2,1-4H3,(H,40,58)(H,41,59)(H,42,60)(H,43,50)(H,44,51)(H,52,53)(H,54,55)(H,56,57)(H,62,63);/t25-,26+,27-,33?,34-;/m0./s1. The molecule has 0 saturated carbocycles. The average molecular weight is 1070 g/mol. The molecule has 9 N–H and O–H groups in total. The Kier molecular flexibility index (Phi) is 24.6. The van der Waals surface area contributed by atoms with Crippen molar-refractivity contribution in [2.24, 2.45) is 11.8 Å². The number of carbonyl (C=O) groups is 10. The largest absolute Gasteiger partial charge is 0.480 e. The minimum Gasteiger partial charge on any atom is -0.480 e. The number of hydrazine groups is 1. The van der Waals surface area contributed by atoms with Gasteiger partial charge in [0, 0.05) is 98.8 Å². The molecule has 0 bridgehead atoms. The smallest absolute Gasteiger partial charge is 0.326 e. The molecule has 6 amide bonds. The van der Waals surface area contributed by atoms with Gasteiger partial charge >= 0.3 is 23.9 Å². The predicted molar refractivity (Wildman–Crippen MR) is 222 cm³/mol. The number of ether oxygens (including phenoxy) is 1. The van der Waals surface area contributed by atoms with E-state index in [4.69, 9.17) is 4.74 Å². The van der Waals surface area contributed by atoms with Gasteiger partial charge in [-0.15, -0.1) is 0 Å². The molecule has 26 heteroatoms.